The van der Waals surface area contributed by atoms with Gasteiger partial charge in [0.15, 0.2) is 0 Å². The van der Waals surface area contributed by atoms with Gasteiger partial charge in [0, 0.05) is 16.6 Å². The summed E-state index contributed by atoms with van der Waals surface area (Å²) in [6.45, 7) is 3.42. The van der Waals surface area contributed by atoms with E-state index in [1.165, 1.54) is 24.4 Å². The van der Waals surface area contributed by atoms with Gasteiger partial charge in [-0.1, -0.05) is 19.1 Å². The third-order valence-corrected chi connectivity index (χ3v) is 4.91. The average Bonchev–Trinajstić information content (AvgIpc) is 3.05. The average molecular weight is 401 g/mol. The van der Waals surface area contributed by atoms with Crippen molar-refractivity contribution in [2.75, 3.05) is 0 Å². The van der Waals surface area contributed by atoms with Crippen LogP contribution in [0.3, 0.4) is 0 Å². The number of rotatable bonds is 5. The van der Waals surface area contributed by atoms with Crippen LogP contribution in [0.4, 0.5) is 13.2 Å². The van der Waals surface area contributed by atoms with E-state index in [4.69, 9.17) is 0 Å². The van der Waals surface area contributed by atoms with Gasteiger partial charge in [0.25, 0.3) is 5.91 Å². The van der Waals surface area contributed by atoms with Crippen molar-refractivity contribution < 1.29 is 27.9 Å². The van der Waals surface area contributed by atoms with Crippen LogP contribution in [0.5, 0.6) is 0 Å². The number of carbonyl (C=O) groups excluding carboxylic acids is 2. The molecule has 0 aliphatic rings. The lowest BCUT2D eigenvalue weighted by atomic mass is 9.99. The first-order chi connectivity index (χ1) is 12.6. The summed E-state index contributed by atoms with van der Waals surface area (Å²) in [5.41, 5.74) is 2.01. The third kappa shape index (κ3) is 4.83. The number of nitrogens with one attached hydrogen (secondary N) is 2. The van der Waals surface area contributed by atoms with E-state index in [1.807, 2.05) is 17.8 Å². The van der Waals surface area contributed by atoms with Crippen LogP contribution in [0.2, 0.25) is 0 Å². The SMILES string of the molecule is CCc1ccc(C(=O)NNC(=O)CC(O)(c2nc(C)cs2)C(F)(F)F)cc1. The zero-order valence-electron chi connectivity index (χ0n) is 14.6. The normalized spacial score (nSPS) is 13.7. The van der Waals surface area contributed by atoms with Gasteiger partial charge in [-0.3, -0.25) is 20.4 Å². The minimum absolute atomic E-state index is 0.231. The molecule has 0 fully saturated rings. The number of aliphatic hydroxyl groups is 1. The second kappa shape index (κ2) is 8.05. The molecule has 2 rings (SSSR count). The van der Waals surface area contributed by atoms with Gasteiger partial charge in [0.2, 0.25) is 11.5 Å². The van der Waals surface area contributed by atoms with Crippen LogP contribution < -0.4 is 10.9 Å². The van der Waals surface area contributed by atoms with E-state index in [0.717, 1.165) is 12.0 Å². The molecule has 146 valence electrons. The number of alkyl halides is 3. The molecule has 0 bridgehead atoms. The smallest absolute Gasteiger partial charge is 0.374 e. The summed E-state index contributed by atoms with van der Waals surface area (Å²) in [6, 6.07) is 6.52. The first-order valence-electron chi connectivity index (χ1n) is 7.96. The molecule has 1 heterocycles. The van der Waals surface area contributed by atoms with Crippen molar-refractivity contribution in [2.45, 2.75) is 38.5 Å². The predicted octanol–water partition coefficient (Wildman–Crippen LogP) is 2.62. The van der Waals surface area contributed by atoms with Crippen LogP contribution in [-0.4, -0.2) is 28.1 Å². The number of aryl methyl sites for hydroxylation is 2. The number of amides is 2. The molecule has 2 aromatic rings. The number of hydrogen-bond donors (Lipinski definition) is 3. The Morgan fingerprint density at radius 1 is 1.19 bits per heavy atom. The van der Waals surface area contributed by atoms with Gasteiger partial charge < -0.3 is 5.11 Å². The van der Waals surface area contributed by atoms with E-state index in [0.29, 0.717) is 17.0 Å². The fourth-order valence-electron chi connectivity index (χ4n) is 2.21. The Labute approximate surface area is 157 Å². The number of nitrogens with zero attached hydrogens (tertiary/aromatic N) is 1. The van der Waals surface area contributed by atoms with E-state index < -0.39 is 35.0 Å². The van der Waals surface area contributed by atoms with Gasteiger partial charge >= 0.3 is 6.18 Å². The van der Waals surface area contributed by atoms with E-state index >= 15 is 0 Å². The summed E-state index contributed by atoms with van der Waals surface area (Å²) >= 11 is 0.602. The summed E-state index contributed by atoms with van der Waals surface area (Å²) in [5.74, 6) is -1.90. The van der Waals surface area contributed by atoms with Gasteiger partial charge in [-0.15, -0.1) is 11.3 Å². The topological polar surface area (TPSA) is 91.3 Å². The molecule has 0 saturated heterocycles. The molecule has 1 aromatic heterocycles. The first kappa shape index (κ1) is 20.8. The lowest BCUT2D eigenvalue weighted by molar-refractivity contribution is -0.267. The second-order valence-electron chi connectivity index (χ2n) is 5.88. The molecule has 0 radical (unpaired) electrons. The zero-order chi connectivity index (χ0) is 20.2. The Morgan fingerprint density at radius 3 is 2.30 bits per heavy atom. The van der Waals surface area contributed by atoms with Crippen LogP contribution in [0.25, 0.3) is 0 Å². The van der Waals surface area contributed by atoms with Crippen molar-refractivity contribution >= 4 is 23.2 Å². The van der Waals surface area contributed by atoms with Gasteiger partial charge in [-0.05, 0) is 31.0 Å². The maximum absolute atomic E-state index is 13.3. The Kier molecular flexibility index (Phi) is 6.22. The zero-order valence-corrected chi connectivity index (χ0v) is 15.4. The highest BCUT2D eigenvalue weighted by Crippen LogP contribution is 2.42. The number of hydrazine groups is 1. The van der Waals surface area contributed by atoms with Gasteiger partial charge in [-0.2, -0.15) is 13.2 Å². The number of carbonyl (C=O) groups is 2. The summed E-state index contributed by atoms with van der Waals surface area (Å²) in [7, 11) is 0. The molecule has 27 heavy (non-hydrogen) atoms. The number of hydrogen-bond acceptors (Lipinski definition) is 5. The Bertz CT molecular complexity index is 821. The van der Waals surface area contributed by atoms with Crippen molar-refractivity contribution in [1.29, 1.82) is 0 Å². The second-order valence-corrected chi connectivity index (χ2v) is 6.74. The monoisotopic (exact) mass is 401 g/mol. The molecule has 3 N–H and O–H groups in total. The molecular weight excluding hydrogens is 383 g/mol. The molecule has 1 aromatic carbocycles. The summed E-state index contributed by atoms with van der Waals surface area (Å²) in [5, 5.41) is 10.8. The molecule has 6 nitrogen and oxygen atoms in total. The van der Waals surface area contributed by atoms with Gasteiger partial charge in [-0.25, -0.2) is 4.98 Å². The van der Waals surface area contributed by atoms with E-state index in [-0.39, 0.29) is 5.56 Å². The fourth-order valence-corrected chi connectivity index (χ4v) is 3.12. The van der Waals surface area contributed by atoms with Crippen molar-refractivity contribution in [2.24, 2.45) is 0 Å². The van der Waals surface area contributed by atoms with Crippen LogP contribution >= 0.6 is 11.3 Å². The summed E-state index contributed by atoms with van der Waals surface area (Å²) < 4.78 is 40.0. The van der Waals surface area contributed by atoms with Crippen molar-refractivity contribution in [3.8, 4) is 0 Å². The lowest BCUT2D eigenvalue weighted by Gasteiger charge is -2.27. The molecule has 0 aliphatic carbocycles. The fraction of sp³-hybridized carbons (Fsp3) is 0.353. The molecule has 1 atom stereocenters. The Hall–Kier alpha value is -2.46. The van der Waals surface area contributed by atoms with Crippen LogP contribution in [0.15, 0.2) is 29.6 Å². The molecule has 0 spiro atoms. The highest BCUT2D eigenvalue weighted by molar-refractivity contribution is 7.09. The van der Waals surface area contributed by atoms with Crippen LogP contribution in [0, 0.1) is 6.92 Å². The maximum Gasteiger partial charge on any atom is 0.424 e. The highest BCUT2D eigenvalue weighted by atomic mass is 32.1. The standard InChI is InChI=1S/C17H18F3N3O3S/c1-3-11-4-6-12(7-5-11)14(25)23-22-13(24)8-16(26,17(18,19)20)15-21-10(2)9-27-15/h4-7,9,26H,3,8H2,1-2H3,(H,22,24)(H,23,25). The van der Waals surface area contributed by atoms with E-state index in [2.05, 4.69) is 4.98 Å². The molecule has 0 saturated carbocycles. The minimum Gasteiger partial charge on any atom is -0.374 e. The molecular formula is C17H18F3N3O3S. The van der Waals surface area contributed by atoms with Gasteiger partial charge in [0.1, 0.15) is 5.01 Å². The maximum atomic E-state index is 13.3. The molecule has 10 heteroatoms. The van der Waals surface area contributed by atoms with Crippen molar-refractivity contribution in [1.82, 2.24) is 15.8 Å². The van der Waals surface area contributed by atoms with Crippen LogP contribution in [0.1, 0.15) is 40.0 Å². The largest absolute Gasteiger partial charge is 0.424 e. The molecule has 2 amide bonds. The van der Waals surface area contributed by atoms with Crippen molar-refractivity contribution in [3.05, 3.63) is 51.5 Å². The summed E-state index contributed by atoms with van der Waals surface area (Å²) in [4.78, 5) is 27.5. The lowest BCUT2D eigenvalue weighted by Crippen LogP contribution is -2.49. The van der Waals surface area contributed by atoms with E-state index in [9.17, 15) is 27.9 Å². The molecule has 0 aliphatic heterocycles. The van der Waals surface area contributed by atoms with Gasteiger partial charge in [0.05, 0.1) is 6.42 Å². The van der Waals surface area contributed by atoms with Crippen molar-refractivity contribution in [3.63, 3.8) is 0 Å². The number of halogens is 3. The third-order valence-electron chi connectivity index (χ3n) is 3.80. The van der Waals surface area contributed by atoms with Crippen LogP contribution in [-0.2, 0) is 16.8 Å². The highest BCUT2D eigenvalue weighted by Gasteiger charge is 2.58. The summed E-state index contributed by atoms with van der Waals surface area (Å²) in [6.07, 6.45) is -5.67. The Morgan fingerprint density at radius 2 is 1.81 bits per heavy atom. The predicted molar refractivity (Wildman–Crippen MR) is 92.8 cm³/mol. The van der Waals surface area contributed by atoms with E-state index in [1.54, 1.807) is 12.1 Å². The first-order valence-corrected chi connectivity index (χ1v) is 8.84. The quantitative estimate of drug-likeness (QED) is 0.672. The molecule has 1 unspecified atom stereocenters. The minimum atomic E-state index is -5.12. The Balaban J connectivity index is 2.04. The number of thiazole rings is 1. The number of benzene rings is 1. The number of aromatic nitrogens is 1.